The Labute approximate surface area is 162 Å². The number of para-hydroxylation sites is 1. The third-order valence-corrected chi connectivity index (χ3v) is 5.19. The van der Waals surface area contributed by atoms with E-state index in [0.29, 0.717) is 6.54 Å². The van der Waals surface area contributed by atoms with Crippen LogP contribution in [0.4, 0.5) is 0 Å². The van der Waals surface area contributed by atoms with Gasteiger partial charge >= 0.3 is 0 Å². The molecule has 27 heavy (non-hydrogen) atoms. The van der Waals surface area contributed by atoms with Crippen molar-refractivity contribution >= 4 is 5.91 Å². The molecule has 2 aromatic rings. The van der Waals surface area contributed by atoms with Gasteiger partial charge in [0.15, 0.2) is 6.10 Å². The molecule has 1 saturated heterocycles. The van der Waals surface area contributed by atoms with Crippen LogP contribution in [0, 0.1) is 0 Å². The molecule has 4 heteroatoms. The Bertz CT molecular complexity index is 754. The highest BCUT2D eigenvalue weighted by molar-refractivity contribution is 5.80. The van der Waals surface area contributed by atoms with Crippen molar-refractivity contribution in [2.24, 2.45) is 0 Å². The minimum Gasteiger partial charge on any atom is -0.481 e. The topological polar surface area (TPSA) is 41.6 Å². The first kappa shape index (κ1) is 19.4. The highest BCUT2D eigenvalue weighted by Crippen LogP contribution is 2.20. The summed E-state index contributed by atoms with van der Waals surface area (Å²) in [6, 6.07) is 16.3. The predicted octanol–water partition coefficient (Wildman–Crippen LogP) is 3.93. The van der Waals surface area contributed by atoms with Gasteiger partial charge in [-0.3, -0.25) is 9.69 Å². The summed E-state index contributed by atoms with van der Waals surface area (Å²) in [5.41, 5.74) is 3.59. The molecule has 1 heterocycles. The van der Waals surface area contributed by atoms with Crippen molar-refractivity contribution in [2.45, 2.75) is 52.3 Å². The molecule has 2 aromatic carbocycles. The highest BCUT2D eigenvalue weighted by atomic mass is 16.5. The third-order valence-electron chi connectivity index (χ3n) is 5.19. The number of hydrogen-bond donors (Lipinski definition) is 1. The molecular weight excluding hydrogens is 336 g/mol. The van der Waals surface area contributed by atoms with E-state index >= 15 is 0 Å². The molecule has 1 aliphatic heterocycles. The van der Waals surface area contributed by atoms with Gasteiger partial charge in [0.1, 0.15) is 5.75 Å². The van der Waals surface area contributed by atoms with Crippen molar-refractivity contribution in [2.75, 3.05) is 13.1 Å². The fourth-order valence-corrected chi connectivity index (χ4v) is 3.55. The summed E-state index contributed by atoms with van der Waals surface area (Å²) < 4.78 is 5.90. The molecule has 1 fully saturated rings. The van der Waals surface area contributed by atoms with E-state index in [0.717, 1.165) is 24.3 Å². The lowest BCUT2D eigenvalue weighted by Crippen LogP contribution is -2.36. The maximum absolute atomic E-state index is 12.5. The molecule has 0 bridgehead atoms. The second-order valence-corrected chi connectivity index (χ2v) is 7.19. The van der Waals surface area contributed by atoms with E-state index in [4.69, 9.17) is 4.74 Å². The molecule has 144 valence electrons. The molecule has 0 aromatic heterocycles. The van der Waals surface area contributed by atoms with Crippen LogP contribution in [0.1, 0.15) is 43.4 Å². The van der Waals surface area contributed by atoms with Gasteiger partial charge in [0, 0.05) is 13.1 Å². The minimum absolute atomic E-state index is 0.0862. The molecular formula is C23H30N2O2. The second-order valence-electron chi connectivity index (χ2n) is 7.19. The summed E-state index contributed by atoms with van der Waals surface area (Å²) in [4.78, 5) is 15.0. The Morgan fingerprint density at radius 3 is 2.37 bits per heavy atom. The van der Waals surface area contributed by atoms with Crippen LogP contribution in [-0.2, 0) is 24.3 Å². The van der Waals surface area contributed by atoms with E-state index in [1.807, 2.05) is 30.3 Å². The van der Waals surface area contributed by atoms with Crippen LogP contribution in [0.3, 0.4) is 0 Å². The molecule has 1 atom stereocenters. The molecule has 0 aliphatic carbocycles. The Balaban J connectivity index is 1.57. The van der Waals surface area contributed by atoms with Gasteiger partial charge in [-0.05, 0) is 62.0 Å². The van der Waals surface area contributed by atoms with Gasteiger partial charge in [-0.15, -0.1) is 0 Å². The van der Waals surface area contributed by atoms with Crippen LogP contribution in [0.15, 0.2) is 48.5 Å². The number of aryl methyl sites for hydroxylation is 1. The van der Waals surface area contributed by atoms with Crippen molar-refractivity contribution in [1.29, 1.82) is 0 Å². The van der Waals surface area contributed by atoms with E-state index in [1.54, 1.807) is 6.92 Å². The molecule has 1 aliphatic rings. The molecule has 0 unspecified atom stereocenters. The van der Waals surface area contributed by atoms with Crippen LogP contribution in [0.25, 0.3) is 0 Å². The van der Waals surface area contributed by atoms with Crippen molar-refractivity contribution in [3.05, 3.63) is 65.2 Å². The first-order valence-electron chi connectivity index (χ1n) is 9.98. The Hall–Kier alpha value is -2.33. The van der Waals surface area contributed by atoms with E-state index in [9.17, 15) is 4.79 Å². The molecule has 0 spiro atoms. The Morgan fingerprint density at radius 1 is 1.04 bits per heavy atom. The largest absolute Gasteiger partial charge is 0.481 e. The van der Waals surface area contributed by atoms with Crippen LogP contribution in [0.2, 0.25) is 0 Å². The van der Waals surface area contributed by atoms with Gasteiger partial charge in [0.2, 0.25) is 0 Å². The van der Waals surface area contributed by atoms with Crippen molar-refractivity contribution in [3.8, 4) is 5.75 Å². The van der Waals surface area contributed by atoms with Crippen LogP contribution in [-0.4, -0.2) is 30.0 Å². The summed E-state index contributed by atoms with van der Waals surface area (Å²) in [5, 5.41) is 3.04. The fourth-order valence-electron chi connectivity index (χ4n) is 3.55. The van der Waals surface area contributed by atoms with Crippen LogP contribution >= 0.6 is 0 Å². The van der Waals surface area contributed by atoms with Crippen molar-refractivity contribution < 1.29 is 9.53 Å². The molecule has 0 saturated carbocycles. The normalized spacial score (nSPS) is 15.5. The molecule has 0 radical (unpaired) electrons. The van der Waals surface area contributed by atoms with E-state index in [1.165, 1.54) is 37.1 Å². The maximum Gasteiger partial charge on any atom is 0.261 e. The Morgan fingerprint density at radius 2 is 1.67 bits per heavy atom. The number of hydrogen-bond acceptors (Lipinski definition) is 3. The van der Waals surface area contributed by atoms with Gasteiger partial charge < -0.3 is 10.1 Å². The molecule has 3 rings (SSSR count). The number of carbonyl (C=O) groups is 1. The first-order valence-corrected chi connectivity index (χ1v) is 9.98. The standard InChI is InChI=1S/C23H30N2O2/c1-3-19-10-6-7-13-22(19)27-18(2)23(26)24-16-20-11-4-5-12-21(20)17-25-14-8-9-15-25/h4-7,10-13,18H,3,8-9,14-17H2,1-2H3,(H,24,26)/t18-/m1/s1. The number of amides is 1. The summed E-state index contributed by atoms with van der Waals surface area (Å²) in [6.07, 6.45) is 2.93. The maximum atomic E-state index is 12.5. The van der Waals surface area contributed by atoms with E-state index in [-0.39, 0.29) is 5.91 Å². The molecule has 1 N–H and O–H groups in total. The van der Waals surface area contributed by atoms with Crippen molar-refractivity contribution in [3.63, 3.8) is 0 Å². The lowest BCUT2D eigenvalue weighted by molar-refractivity contribution is -0.127. The lowest BCUT2D eigenvalue weighted by atomic mass is 10.1. The van der Waals surface area contributed by atoms with Gasteiger partial charge in [0.25, 0.3) is 5.91 Å². The Kier molecular flexibility index (Phi) is 6.88. The monoisotopic (exact) mass is 366 g/mol. The quantitative estimate of drug-likeness (QED) is 0.770. The predicted molar refractivity (Wildman–Crippen MR) is 109 cm³/mol. The number of benzene rings is 2. The van der Waals surface area contributed by atoms with Gasteiger partial charge in [-0.1, -0.05) is 49.4 Å². The second kappa shape index (κ2) is 9.56. The SMILES string of the molecule is CCc1ccccc1O[C@H](C)C(=O)NCc1ccccc1CN1CCCC1. The van der Waals surface area contributed by atoms with Gasteiger partial charge in [-0.2, -0.15) is 0 Å². The van der Waals surface area contributed by atoms with E-state index < -0.39 is 6.10 Å². The number of rotatable bonds is 8. The first-order chi connectivity index (χ1) is 13.2. The van der Waals surface area contributed by atoms with E-state index in [2.05, 4.69) is 35.3 Å². The highest BCUT2D eigenvalue weighted by Gasteiger charge is 2.17. The van der Waals surface area contributed by atoms with Crippen LogP contribution < -0.4 is 10.1 Å². The zero-order valence-corrected chi connectivity index (χ0v) is 16.4. The summed E-state index contributed by atoms with van der Waals surface area (Å²) in [6.45, 7) is 7.72. The number of ether oxygens (including phenoxy) is 1. The lowest BCUT2D eigenvalue weighted by Gasteiger charge is -2.19. The summed E-state index contributed by atoms with van der Waals surface area (Å²) in [7, 11) is 0. The summed E-state index contributed by atoms with van der Waals surface area (Å²) in [5.74, 6) is 0.703. The minimum atomic E-state index is -0.525. The summed E-state index contributed by atoms with van der Waals surface area (Å²) >= 11 is 0. The average molecular weight is 367 g/mol. The number of likely N-dealkylation sites (tertiary alicyclic amines) is 1. The van der Waals surface area contributed by atoms with Gasteiger partial charge in [-0.25, -0.2) is 0 Å². The fraction of sp³-hybridized carbons (Fsp3) is 0.435. The average Bonchev–Trinajstić information content (AvgIpc) is 3.20. The molecule has 1 amide bonds. The smallest absolute Gasteiger partial charge is 0.261 e. The molecule has 4 nitrogen and oxygen atoms in total. The van der Waals surface area contributed by atoms with Crippen LogP contribution in [0.5, 0.6) is 5.75 Å². The zero-order valence-electron chi connectivity index (χ0n) is 16.4. The van der Waals surface area contributed by atoms with Gasteiger partial charge in [0.05, 0.1) is 0 Å². The zero-order chi connectivity index (χ0) is 19.1. The number of nitrogens with zero attached hydrogens (tertiary/aromatic N) is 1. The van der Waals surface area contributed by atoms with Crippen molar-refractivity contribution in [1.82, 2.24) is 10.2 Å². The number of nitrogens with one attached hydrogen (secondary N) is 1. The third kappa shape index (κ3) is 5.33. The number of carbonyl (C=O) groups excluding carboxylic acids is 1.